The number of carbonyl (C=O) groups excluding carboxylic acids is 3. The van der Waals surface area contributed by atoms with Crippen LogP contribution in [0.4, 0.5) is 0 Å². The van der Waals surface area contributed by atoms with E-state index in [1.54, 1.807) is 0 Å². The van der Waals surface area contributed by atoms with Gasteiger partial charge in [-0.2, -0.15) is 0 Å². The molecule has 0 aromatic heterocycles. The molecule has 0 aliphatic carbocycles. The van der Waals surface area contributed by atoms with Gasteiger partial charge in [0.1, 0.15) is 13.2 Å². The lowest BCUT2D eigenvalue weighted by molar-refractivity contribution is -0.167. The zero-order valence-corrected chi connectivity index (χ0v) is 40.4. The molecular formula is C55H98O6. The highest BCUT2D eigenvalue weighted by Gasteiger charge is 2.19. The topological polar surface area (TPSA) is 78.9 Å². The largest absolute Gasteiger partial charge is 0.462 e. The molecule has 0 aromatic carbocycles. The quantitative estimate of drug-likeness (QED) is 0.0263. The number of hydrogen-bond acceptors (Lipinski definition) is 6. The SMILES string of the molecule is CCC/C=C\CCCCCCCC(=O)OCC(COC(=O)CCCCCCCCC/C=C\CCCCCCCCC)OC(=O)CCCCCCC/C=C\C/C=C\CCCCC. The summed E-state index contributed by atoms with van der Waals surface area (Å²) in [6, 6.07) is 0. The number of unbranched alkanes of at least 4 members (excludes halogenated alkanes) is 28. The second kappa shape index (κ2) is 50.0. The van der Waals surface area contributed by atoms with Gasteiger partial charge in [0.25, 0.3) is 0 Å². The molecule has 354 valence electrons. The summed E-state index contributed by atoms with van der Waals surface area (Å²) in [4.78, 5) is 37.9. The molecule has 0 amide bonds. The third-order valence-corrected chi connectivity index (χ3v) is 11.3. The van der Waals surface area contributed by atoms with Crippen LogP contribution in [0.5, 0.6) is 0 Å². The summed E-state index contributed by atoms with van der Waals surface area (Å²) < 4.78 is 16.8. The molecule has 0 fully saturated rings. The monoisotopic (exact) mass is 855 g/mol. The summed E-state index contributed by atoms with van der Waals surface area (Å²) in [5.74, 6) is -0.907. The number of rotatable bonds is 47. The first-order chi connectivity index (χ1) is 30.0. The molecule has 0 N–H and O–H groups in total. The van der Waals surface area contributed by atoms with Crippen molar-refractivity contribution in [2.45, 2.75) is 271 Å². The second-order valence-electron chi connectivity index (χ2n) is 17.4. The first-order valence-corrected chi connectivity index (χ1v) is 26.1. The summed E-state index contributed by atoms with van der Waals surface area (Å²) in [6.07, 6.45) is 59.5. The third kappa shape index (κ3) is 48.3. The maximum absolute atomic E-state index is 12.8. The van der Waals surface area contributed by atoms with Gasteiger partial charge in [0, 0.05) is 19.3 Å². The molecule has 1 atom stereocenters. The van der Waals surface area contributed by atoms with Crippen LogP contribution in [0.3, 0.4) is 0 Å². The van der Waals surface area contributed by atoms with E-state index in [-0.39, 0.29) is 31.1 Å². The van der Waals surface area contributed by atoms with Crippen LogP contribution in [0.2, 0.25) is 0 Å². The fourth-order valence-corrected chi connectivity index (χ4v) is 7.29. The Morgan fingerprint density at radius 1 is 0.328 bits per heavy atom. The molecule has 0 bridgehead atoms. The first-order valence-electron chi connectivity index (χ1n) is 26.1. The van der Waals surface area contributed by atoms with E-state index in [0.29, 0.717) is 19.3 Å². The Labute approximate surface area is 378 Å². The maximum Gasteiger partial charge on any atom is 0.306 e. The average molecular weight is 855 g/mol. The fraction of sp³-hybridized carbons (Fsp3) is 0.800. The number of hydrogen-bond donors (Lipinski definition) is 0. The molecular weight excluding hydrogens is 757 g/mol. The zero-order chi connectivity index (χ0) is 44.4. The van der Waals surface area contributed by atoms with Crippen LogP contribution in [0.15, 0.2) is 48.6 Å². The van der Waals surface area contributed by atoms with Gasteiger partial charge in [0.05, 0.1) is 0 Å². The Morgan fingerprint density at radius 2 is 0.623 bits per heavy atom. The van der Waals surface area contributed by atoms with Gasteiger partial charge in [-0.3, -0.25) is 14.4 Å². The van der Waals surface area contributed by atoms with Gasteiger partial charge in [-0.25, -0.2) is 0 Å². The Kier molecular flexibility index (Phi) is 47.9. The second-order valence-corrected chi connectivity index (χ2v) is 17.4. The Morgan fingerprint density at radius 3 is 1.02 bits per heavy atom. The number of allylic oxidation sites excluding steroid dienone is 8. The Hall–Kier alpha value is -2.63. The lowest BCUT2D eigenvalue weighted by atomic mass is 10.1. The predicted molar refractivity (Wildman–Crippen MR) is 261 cm³/mol. The summed E-state index contributed by atoms with van der Waals surface area (Å²) in [5, 5.41) is 0. The number of carbonyl (C=O) groups is 3. The smallest absolute Gasteiger partial charge is 0.306 e. The van der Waals surface area contributed by atoms with Crippen LogP contribution in [-0.4, -0.2) is 37.2 Å². The minimum absolute atomic E-state index is 0.0831. The van der Waals surface area contributed by atoms with Crippen LogP contribution in [0, 0.1) is 0 Å². The minimum atomic E-state index is -0.783. The lowest BCUT2D eigenvalue weighted by Gasteiger charge is -2.18. The van der Waals surface area contributed by atoms with E-state index in [2.05, 4.69) is 69.4 Å². The molecule has 0 aliphatic rings. The van der Waals surface area contributed by atoms with E-state index in [9.17, 15) is 14.4 Å². The van der Waals surface area contributed by atoms with Gasteiger partial charge in [-0.1, -0.05) is 198 Å². The van der Waals surface area contributed by atoms with E-state index < -0.39 is 6.10 Å². The summed E-state index contributed by atoms with van der Waals surface area (Å²) in [6.45, 7) is 6.54. The van der Waals surface area contributed by atoms with Crippen molar-refractivity contribution in [2.24, 2.45) is 0 Å². The predicted octanol–water partition coefficient (Wildman–Crippen LogP) is 17.1. The van der Waals surface area contributed by atoms with Crippen molar-refractivity contribution in [1.29, 1.82) is 0 Å². The normalized spacial score (nSPS) is 12.4. The highest BCUT2D eigenvalue weighted by Crippen LogP contribution is 2.14. The van der Waals surface area contributed by atoms with Crippen LogP contribution < -0.4 is 0 Å². The number of ether oxygens (including phenoxy) is 3. The molecule has 0 radical (unpaired) electrons. The molecule has 6 heteroatoms. The van der Waals surface area contributed by atoms with E-state index >= 15 is 0 Å². The molecule has 0 aliphatic heterocycles. The van der Waals surface area contributed by atoms with Crippen LogP contribution in [0.25, 0.3) is 0 Å². The Balaban J connectivity index is 4.35. The van der Waals surface area contributed by atoms with Gasteiger partial charge in [-0.15, -0.1) is 0 Å². The van der Waals surface area contributed by atoms with Crippen molar-refractivity contribution in [2.75, 3.05) is 13.2 Å². The van der Waals surface area contributed by atoms with Gasteiger partial charge in [-0.05, 0) is 96.3 Å². The summed E-state index contributed by atoms with van der Waals surface area (Å²) in [7, 11) is 0. The molecule has 0 saturated heterocycles. The molecule has 0 saturated carbocycles. The van der Waals surface area contributed by atoms with E-state index in [4.69, 9.17) is 14.2 Å². The average Bonchev–Trinajstić information content (AvgIpc) is 3.26. The van der Waals surface area contributed by atoms with Gasteiger partial charge in [0.15, 0.2) is 6.10 Å². The summed E-state index contributed by atoms with van der Waals surface area (Å²) in [5.41, 5.74) is 0. The lowest BCUT2D eigenvalue weighted by Crippen LogP contribution is -2.30. The molecule has 0 spiro atoms. The van der Waals surface area contributed by atoms with Crippen molar-refractivity contribution >= 4 is 17.9 Å². The van der Waals surface area contributed by atoms with Crippen molar-refractivity contribution in [3.05, 3.63) is 48.6 Å². The van der Waals surface area contributed by atoms with Crippen LogP contribution in [-0.2, 0) is 28.6 Å². The molecule has 0 heterocycles. The summed E-state index contributed by atoms with van der Waals surface area (Å²) >= 11 is 0. The van der Waals surface area contributed by atoms with Gasteiger partial charge < -0.3 is 14.2 Å². The first kappa shape index (κ1) is 58.4. The highest BCUT2D eigenvalue weighted by atomic mass is 16.6. The highest BCUT2D eigenvalue weighted by molar-refractivity contribution is 5.71. The van der Waals surface area contributed by atoms with E-state index in [1.807, 2.05) is 0 Å². The Bertz CT molecular complexity index is 1070. The molecule has 6 nitrogen and oxygen atoms in total. The molecule has 61 heavy (non-hydrogen) atoms. The van der Waals surface area contributed by atoms with Crippen LogP contribution in [0.1, 0.15) is 265 Å². The molecule has 0 rings (SSSR count). The number of esters is 3. The standard InChI is InChI=1S/C55H98O6/c1-4-7-10-13-16-19-22-24-26-27-28-30-31-33-36-39-42-45-48-54(57)60-51-52(50-59-53(56)47-44-41-38-35-21-18-15-12-9-6-3)61-55(58)49-46-43-40-37-34-32-29-25-23-20-17-14-11-8-5-2/h12,15,17,20,25-27,29,52H,4-11,13-14,16,18-19,21-24,28,30-51H2,1-3H3/b15-12-,20-17-,27-26-,29-25-. The van der Waals surface area contributed by atoms with E-state index in [1.165, 1.54) is 128 Å². The fourth-order valence-electron chi connectivity index (χ4n) is 7.29. The van der Waals surface area contributed by atoms with Crippen LogP contribution >= 0.6 is 0 Å². The zero-order valence-electron chi connectivity index (χ0n) is 40.4. The van der Waals surface area contributed by atoms with Crippen molar-refractivity contribution in [1.82, 2.24) is 0 Å². The minimum Gasteiger partial charge on any atom is -0.462 e. The third-order valence-electron chi connectivity index (χ3n) is 11.3. The van der Waals surface area contributed by atoms with Gasteiger partial charge >= 0.3 is 17.9 Å². The van der Waals surface area contributed by atoms with Crippen molar-refractivity contribution < 1.29 is 28.6 Å². The molecule has 1 unspecified atom stereocenters. The van der Waals surface area contributed by atoms with E-state index in [0.717, 1.165) is 96.3 Å². The van der Waals surface area contributed by atoms with Crippen molar-refractivity contribution in [3.8, 4) is 0 Å². The van der Waals surface area contributed by atoms with Gasteiger partial charge in [0.2, 0.25) is 0 Å². The van der Waals surface area contributed by atoms with Crippen molar-refractivity contribution in [3.63, 3.8) is 0 Å². The maximum atomic E-state index is 12.8. The molecule has 0 aromatic rings.